The number of benzene rings is 2. The summed E-state index contributed by atoms with van der Waals surface area (Å²) in [6, 6.07) is 13.0. The molecule has 1 unspecified atom stereocenters. The van der Waals surface area contributed by atoms with Crippen LogP contribution in [0.3, 0.4) is 0 Å². The monoisotopic (exact) mass is 452 g/mol. The van der Waals surface area contributed by atoms with Gasteiger partial charge in [0.2, 0.25) is 0 Å². The van der Waals surface area contributed by atoms with Gasteiger partial charge in [-0.15, -0.1) is 0 Å². The maximum absolute atomic E-state index is 13.3. The van der Waals surface area contributed by atoms with Crippen molar-refractivity contribution < 1.29 is 14.0 Å². The lowest BCUT2D eigenvalue weighted by Gasteiger charge is -2.23. The average molecular weight is 453 g/mol. The Morgan fingerprint density at radius 3 is 2.21 bits per heavy atom. The number of fused-ring (bicyclic) bond motifs is 1. The van der Waals surface area contributed by atoms with Crippen molar-refractivity contribution in [3.05, 3.63) is 71.0 Å². The summed E-state index contributed by atoms with van der Waals surface area (Å²) in [5.41, 5.74) is 6.51. The van der Waals surface area contributed by atoms with Crippen LogP contribution in [0.2, 0.25) is 0 Å². The number of carbonyl (C=O) groups is 2. The maximum atomic E-state index is 13.3. The Labute approximate surface area is 198 Å². The minimum absolute atomic E-state index is 0.000825. The van der Waals surface area contributed by atoms with Gasteiger partial charge >= 0.3 is 0 Å². The molecule has 1 aliphatic heterocycles. The predicted molar refractivity (Wildman–Crippen MR) is 136 cm³/mol. The van der Waals surface area contributed by atoms with Crippen molar-refractivity contribution in [3.63, 3.8) is 0 Å². The van der Waals surface area contributed by atoms with Gasteiger partial charge in [0, 0.05) is 36.0 Å². The Morgan fingerprint density at radius 2 is 1.70 bits per heavy atom. The first-order chi connectivity index (χ1) is 15.5. The lowest BCUT2D eigenvalue weighted by atomic mass is 10.1. The van der Waals surface area contributed by atoms with Crippen LogP contribution >= 0.6 is 0 Å². The minimum atomic E-state index is -0.213. The van der Waals surface area contributed by atoms with Crippen LogP contribution in [-0.2, 0) is 16.1 Å². The van der Waals surface area contributed by atoms with E-state index in [0.29, 0.717) is 6.54 Å². The van der Waals surface area contributed by atoms with Gasteiger partial charge in [-0.25, -0.2) is 4.39 Å². The summed E-state index contributed by atoms with van der Waals surface area (Å²) in [4.78, 5) is 27.3. The van der Waals surface area contributed by atoms with E-state index in [1.165, 1.54) is 25.5 Å². The summed E-state index contributed by atoms with van der Waals surface area (Å²) in [5.74, 6) is 0.140. The summed E-state index contributed by atoms with van der Waals surface area (Å²) in [6.07, 6.45) is 1.98. The third kappa shape index (κ3) is 9.52. The quantitative estimate of drug-likeness (QED) is 0.473. The number of aliphatic imine (C=N–C) groups is 1. The lowest BCUT2D eigenvalue weighted by Crippen LogP contribution is -2.26. The molecule has 2 aromatic rings. The van der Waals surface area contributed by atoms with Crippen molar-refractivity contribution in [3.8, 4) is 0 Å². The number of carbonyl (C=O) groups excluding carboxylic acids is 2. The minimum Gasteiger partial charge on any atom is -0.366 e. The molecule has 0 aliphatic carbocycles. The number of nitrogens with zero attached hydrogens (tertiary/aromatic N) is 2. The fourth-order valence-corrected chi connectivity index (χ4v) is 3.28. The van der Waals surface area contributed by atoms with Gasteiger partial charge < -0.3 is 9.69 Å². The summed E-state index contributed by atoms with van der Waals surface area (Å²) < 4.78 is 13.3. The van der Waals surface area contributed by atoms with Crippen molar-refractivity contribution in [2.45, 2.75) is 61.9 Å². The van der Waals surface area contributed by atoms with Crippen molar-refractivity contribution in [2.75, 3.05) is 6.54 Å². The molecule has 0 bridgehead atoms. The highest BCUT2D eigenvalue weighted by molar-refractivity contribution is 5.82. The second kappa shape index (κ2) is 13.5. The lowest BCUT2D eigenvalue weighted by molar-refractivity contribution is -0.120. The maximum Gasteiger partial charge on any atom is 0.134 e. The van der Waals surface area contributed by atoms with Gasteiger partial charge in [-0.1, -0.05) is 37.3 Å². The Kier molecular flexibility index (Phi) is 11.4. The zero-order valence-electron chi connectivity index (χ0n) is 21.2. The second-order valence-electron chi connectivity index (χ2n) is 8.62. The van der Waals surface area contributed by atoms with Crippen molar-refractivity contribution in [2.24, 2.45) is 10.9 Å². The fraction of sp³-hybridized carbons (Fsp3) is 0.393. The number of hydrogen-bond donors (Lipinski definition) is 0. The number of halogens is 1. The Hall–Kier alpha value is -3.08. The van der Waals surface area contributed by atoms with Gasteiger partial charge in [0.25, 0.3) is 0 Å². The van der Waals surface area contributed by atoms with Gasteiger partial charge in [0.15, 0.2) is 0 Å². The third-order valence-corrected chi connectivity index (χ3v) is 4.97. The van der Waals surface area contributed by atoms with Crippen LogP contribution < -0.4 is 0 Å². The summed E-state index contributed by atoms with van der Waals surface area (Å²) >= 11 is 0. The van der Waals surface area contributed by atoms with Crippen LogP contribution in [0.5, 0.6) is 0 Å². The summed E-state index contributed by atoms with van der Waals surface area (Å²) in [7, 11) is 0. The topological polar surface area (TPSA) is 49.7 Å². The molecule has 5 heteroatoms. The molecule has 0 amide bonds. The normalized spacial score (nSPS) is 13.7. The van der Waals surface area contributed by atoms with Crippen molar-refractivity contribution in [1.29, 1.82) is 0 Å². The third-order valence-electron chi connectivity index (χ3n) is 4.97. The smallest absolute Gasteiger partial charge is 0.134 e. The number of Topliss-reactive ketones (excluding diaryl/α,β-unsaturated/α-hetero) is 2. The molecule has 1 heterocycles. The fourth-order valence-electron chi connectivity index (χ4n) is 3.28. The van der Waals surface area contributed by atoms with Crippen LogP contribution in [-0.4, -0.2) is 28.7 Å². The average Bonchev–Trinajstić information content (AvgIpc) is 3.05. The molecule has 1 atom stereocenters. The van der Waals surface area contributed by atoms with Gasteiger partial charge in [-0.3, -0.25) is 9.79 Å². The van der Waals surface area contributed by atoms with Crippen molar-refractivity contribution in [1.82, 2.24) is 4.90 Å². The summed E-state index contributed by atoms with van der Waals surface area (Å²) in [5, 5.41) is 0. The first-order valence-corrected chi connectivity index (χ1v) is 11.2. The SMILES string of the molecule is C/C=C1/c2cc(F)ccc2CN1CC(C)C(C)=O.CC(C)=Nc1ccccc1C.CC(C)=O. The molecule has 0 fully saturated rings. The molecule has 0 spiro atoms. The number of aryl methyl sites for hydroxylation is 1. The van der Waals surface area contributed by atoms with E-state index < -0.39 is 0 Å². The zero-order valence-corrected chi connectivity index (χ0v) is 21.2. The van der Waals surface area contributed by atoms with Crippen LogP contribution in [0.15, 0.2) is 53.5 Å². The Bertz CT molecular complexity index is 1020. The number of ketones is 2. The van der Waals surface area contributed by atoms with E-state index in [2.05, 4.69) is 22.9 Å². The molecule has 0 aromatic heterocycles. The number of para-hydroxylation sites is 1. The van der Waals surface area contributed by atoms with E-state index in [4.69, 9.17) is 0 Å². The zero-order chi connectivity index (χ0) is 25.1. The van der Waals surface area contributed by atoms with Gasteiger partial charge in [0.1, 0.15) is 17.4 Å². The Balaban J connectivity index is 0.000000309. The standard InChI is InChI=1S/C15H18FNO.C10H13N.C3H6O/c1-4-15-14-7-13(16)6-5-12(14)9-17(15)8-10(2)11(3)18;1-8(2)11-10-7-5-4-6-9(10)3;1-3(2)4/h4-7,10H,8-9H2,1-3H3;4-7H,1-3H3;1-2H3/b15-4-;;. The number of rotatable bonds is 4. The van der Waals surface area contributed by atoms with E-state index in [1.807, 2.05) is 58.0 Å². The first-order valence-electron chi connectivity index (χ1n) is 11.2. The van der Waals surface area contributed by atoms with E-state index in [-0.39, 0.29) is 23.3 Å². The molecule has 4 nitrogen and oxygen atoms in total. The molecule has 0 saturated heterocycles. The molecule has 178 valence electrons. The van der Waals surface area contributed by atoms with E-state index in [9.17, 15) is 14.0 Å². The molecule has 0 N–H and O–H groups in total. The van der Waals surface area contributed by atoms with E-state index >= 15 is 0 Å². The van der Waals surface area contributed by atoms with Crippen LogP contribution in [0.1, 0.15) is 65.2 Å². The molecule has 2 aromatic carbocycles. The van der Waals surface area contributed by atoms with Crippen molar-refractivity contribution >= 4 is 28.7 Å². The van der Waals surface area contributed by atoms with Crippen LogP contribution in [0, 0.1) is 18.7 Å². The summed E-state index contributed by atoms with van der Waals surface area (Å²) in [6.45, 7) is 16.1. The second-order valence-corrected chi connectivity index (χ2v) is 8.62. The van der Waals surface area contributed by atoms with E-state index in [0.717, 1.165) is 34.8 Å². The van der Waals surface area contributed by atoms with Gasteiger partial charge in [-0.05, 0) is 77.8 Å². The number of allylic oxidation sites excluding steroid dienone is 1. The molecule has 1 aliphatic rings. The molecule has 0 radical (unpaired) electrons. The van der Waals surface area contributed by atoms with Gasteiger partial charge in [-0.2, -0.15) is 0 Å². The highest BCUT2D eigenvalue weighted by atomic mass is 19.1. The predicted octanol–water partition coefficient (Wildman–Crippen LogP) is 6.93. The van der Waals surface area contributed by atoms with Crippen LogP contribution in [0.25, 0.3) is 5.70 Å². The van der Waals surface area contributed by atoms with E-state index in [1.54, 1.807) is 13.0 Å². The molecule has 33 heavy (non-hydrogen) atoms. The molecule has 0 saturated carbocycles. The number of hydrogen-bond acceptors (Lipinski definition) is 4. The van der Waals surface area contributed by atoms with Crippen LogP contribution in [0.4, 0.5) is 10.1 Å². The molecular weight excluding hydrogens is 415 g/mol. The first kappa shape index (κ1) is 28.0. The Morgan fingerprint density at radius 1 is 1.09 bits per heavy atom. The molecule has 3 rings (SSSR count). The highest BCUT2D eigenvalue weighted by Crippen LogP contribution is 2.33. The molecular formula is C28H37FN2O2. The highest BCUT2D eigenvalue weighted by Gasteiger charge is 2.25. The largest absolute Gasteiger partial charge is 0.366 e. The van der Waals surface area contributed by atoms with Gasteiger partial charge in [0.05, 0.1) is 5.69 Å².